The Morgan fingerprint density at radius 3 is 2.32 bits per heavy atom. The summed E-state index contributed by atoms with van der Waals surface area (Å²) in [5.41, 5.74) is -0.287. The van der Waals surface area contributed by atoms with Gasteiger partial charge in [0, 0.05) is 5.02 Å². The zero-order chi connectivity index (χ0) is 18.0. The van der Waals surface area contributed by atoms with E-state index in [-0.39, 0.29) is 12.4 Å². The lowest BCUT2D eigenvalue weighted by Crippen LogP contribution is -2.41. The van der Waals surface area contributed by atoms with E-state index in [0.717, 1.165) is 9.25 Å². The first-order valence-corrected chi connectivity index (χ1v) is 7.66. The molecule has 0 unspecified atom stereocenters. The van der Waals surface area contributed by atoms with Crippen molar-refractivity contribution in [2.24, 2.45) is 0 Å². The number of hydrogen-bond acceptors (Lipinski definition) is 4. The van der Waals surface area contributed by atoms with Crippen molar-refractivity contribution in [2.75, 3.05) is 7.11 Å². The Hall–Kier alpha value is -2.93. The number of nitrogens with zero attached hydrogens (tertiary/aromatic N) is 3. The second-order valence-corrected chi connectivity index (χ2v) is 5.63. The molecule has 0 fully saturated rings. The summed E-state index contributed by atoms with van der Waals surface area (Å²) in [7, 11) is 1.29. The molecule has 128 valence electrons. The number of rotatable bonds is 4. The van der Waals surface area contributed by atoms with E-state index in [9.17, 15) is 14.0 Å². The fourth-order valence-electron chi connectivity index (χ4n) is 2.28. The number of aromatic nitrogens is 3. The van der Waals surface area contributed by atoms with Gasteiger partial charge in [0.25, 0.3) is 5.88 Å². The summed E-state index contributed by atoms with van der Waals surface area (Å²) in [6.45, 7) is 0.0227. The molecule has 6 nitrogen and oxygen atoms in total. The zero-order valence-electron chi connectivity index (χ0n) is 13.1. The largest absolute Gasteiger partial charge is 0.476 e. The summed E-state index contributed by atoms with van der Waals surface area (Å²) in [4.78, 5) is 25.1. The SMILES string of the molecule is COc1nn(-c2ccc(F)cc2)c(=O)n(Cc2ccc(Cl)cc2)c1=O. The molecule has 0 aliphatic rings. The van der Waals surface area contributed by atoms with E-state index in [0.29, 0.717) is 16.3 Å². The maximum absolute atomic E-state index is 13.1. The van der Waals surface area contributed by atoms with Crippen LogP contribution in [-0.2, 0) is 6.54 Å². The summed E-state index contributed by atoms with van der Waals surface area (Å²) < 4.78 is 20.1. The van der Waals surface area contributed by atoms with Gasteiger partial charge in [0.1, 0.15) is 5.82 Å². The normalized spacial score (nSPS) is 10.7. The molecule has 1 aromatic heterocycles. The summed E-state index contributed by atoms with van der Waals surface area (Å²) >= 11 is 5.85. The fraction of sp³-hybridized carbons (Fsp3) is 0.118. The second-order valence-electron chi connectivity index (χ2n) is 5.20. The molecule has 8 heteroatoms. The zero-order valence-corrected chi connectivity index (χ0v) is 13.9. The standard InChI is InChI=1S/C17H13ClFN3O3/c1-25-15-16(23)21(10-11-2-4-12(18)5-3-11)17(24)22(20-15)14-8-6-13(19)7-9-14/h2-9H,10H2,1H3. The average Bonchev–Trinajstić information content (AvgIpc) is 2.61. The fourth-order valence-corrected chi connectivity index (χ4v) is 2.41. The van der Waals surface area contributed by atoms with Crippen molar-refractivity contribution in [3.63, 3.8) is 0 Å². The second kappa shape index (κ2) is 6.90. The molecule has 0 saturated carbocycles. The van der Waals surface area contributed by atoms with E-state index in [1.165, 1.54) is 31.4 Å². The lowest BCUT2D eigenvalue weighted by Gasteiger charge is -2.11. The van der Waals surface area contributed by atoms with E-state index in [1.54, 1.807) is 24.3 Å². The van der Waals surface area contributed by atoms with Crippen LogP contribution in [-0.4, -0.2) is 21.5 Å². The molecule has 25 heavy (non-hydrogen) atoms. The quantitative estimate of drug-likeness (QED) is 0.715. The summed E-state index contributed by atoms with van der Waals surface area (Å²) in [6, 6.07) is 11.9. The van der Waals surface area contributed by atoms with Gasteiger partial charge < -0.3 is 4.74 Å². The van der Waals surface area contributed by atoms with E-state index in [4.69, 9.17) is 16.3 Å². The van der Waals surface area contributed by atoms with Gasteiger partial charge in [0.15, 0.2) is 0 Å². The van der Waals surface area contributed by atoms with Gasteiger partial charge in [-0.3, -0.25) is 4.79 Å². The van der Waals surface area contributed by atoms with Gasteiger partial charge in [0.05, 0.1) is 19.3 Å². The first kappa shape index (κ1) is 16.9. The van der Waals surface area contributed by atoms with Crippen molar-refractivity contribution >= 4 is 11.6 Å². The lowest BCUT2D eigenvalue weighted by atomic mass is 10.2. The first-order valence-electron chi connectivity index (χ1n) is 7.28. The molecule has 0 saturated heterocycles. The first-order chi connectivity index (χ1) is 12.0. The molecule has 1 heterocycles. The molecular formula is C17H13ClFN3O3. The van der Waals surface area contributed by atoms with Gasteiger partial charge in [-0.2, -0.15) is 4.68 Å². The van der Waals surface area contributed by atoms with Crippen molar-refractivity contribution in [2.45, 2.75) is 6.54 Å². The van der Waals surface area contributed by atoms with E-state index in [1.807, 2.05) is 0 Å². The van der Waals surface area contributed by atoms with Gasteiger partial charge in [0.2, 0.25) is 0 Å². The van der Waals surface area contributed by atoms with E-state index in [2.05, 4.69) is 5.10 Å². The molecule has 0 bridgehead atoms. The van der Waals surface area contributed by atoms with Crippen LogP contribution in [0, 0.1) is 5.82 Å². The number of benzene rings is 2. The van der Waals surface area contributed by atoms with Gasteiger partial charge >= 0.3 is 11.2 Å². The Morgan fingerprint density at radius 1 is 1.08 bits per heavy atom. The Balaban J connectivity index is 2.15. The molecule has 2 aromatic carbocycles. The molecular weight excluding hydrogens is 349 g/mol. The average molecular weight is 362 g/mol. The van der Waals surface area contributed by atoms with Crippen molar-refractivity contribution in [1.29, 1.82) is 0 Å². The molecule has 3 rings (SSSR count). The van der Waals surface area contributed by atoms with Gasteiger partial charge in [-0.25, -0.2) is 13.8 Å². The number of ether oxygens (including phenoxy) is 1. The molecule has 0 aliphatic heterocycles. The predicted octanol–water partition coefficient (Wildman–Crippen LogP) is 2.24. The van der Waals surface area contributed by atoms with Crippen LogP contribution < -0.4 is 16.0 Å². The highest BCUT2D eigenvalue weighted by Crippen LogP contribution is 2.11. The van der Waals surface area contributed by atoms with Crippen LogP contribution in [0.25, 0.3) is 5.69 Å². The minimum Gasteiger partial charge on any atom is -0.476 e. The summed E-state index contributed by atoms with van der Waals surface area (Å²) in [6.07, 6.45) is 0. The van der Waals surface area contributed by atoms with E-state index >= 15 is 0 Å². The molecule has 0 radical (unpaired) electrons. The van der Waals surface area contributed by atoms with Crippen LogP contribution >= 0.6 is 11.6 Å². The lowest BCUT2D eigenvalue weighted by molar-refractivity contribution is 0.367. The Kier molecular flexibility index (Phi) is 4.67. The van der Waals surface area contributed by atoms with Crippen LogP contribution in [0.4, 0.5) is 4.39 Å². The highest BCUT2D eigenvalue weighted by Gasteiger charge is 2.15. The van der Waals surface area contributed by atoms with Crippen LogP contribution in [0.2, 0.25) is 5.02 Å². The molecule has 0 aliphatic carbocycles. The van der Waals surface area contributed by atoms with Gasteiger partial charge in [-0.1, -0.05) is 23.7 Å². The highest BCUT2D eigenvalue weighted by molar-refractivity contribution is 6.30. The van der Waals surface area contributed by atoms with Crippen molar-refractivity contribution in [3.8, 4) is 11.6 Å². The van der Waals surface area contributed by atoms with Crippen molar-refractivity contribution in [1.82, 2.24) is 14.3 Å². The Bertz CT molecular complexity index is 1010. The molecule has 3 aromatic rings. The predicted molar refractivity (Wildman–Crippen MR) is 91.2 cm³/mol. The maximum atomic E-state index is 13.1. The number of hydrogen-bond donors (Lipinski definition) is 0. The monoisotopic (exact) mass is 361 g/mol. The van der Waals surface area contributed by atoms with Crippen LogP contribution in [0.1, 0.15) is 5.56 Å². The molecule has 0 spiro atoms. The minimum absolute atomic E-state index is 0.0227. The Labute approximate surface area is 146 Å². The third kappa shape index (κ3) is 3.46. The van der Waals surface area contributed by atoms with Crippen molar-refractivity contribution < 1.29 is 9.13 Å². The van der Waals surface area contributed by atoms with Gasteiger partial charge in [-0.05, 0) is 42.0 Å². The van der Waals surface area contributed by atoms with Gasteiger partial charge in [-0.15, -0.1) is 5.10 Å². The summed E-state index contributed by atoms with van der Waals surface area (Å²) in [5, 5.41) is 4.46. The number of halogens is 2. The molecule has 0 atom stereocenters. The third-order valence-corrected chi connectivity index (χ3v) is 3.80. The van der Waals surface area contributed by atoms with E-state index < -0.39 is 17.1 Å². The Morgan fingerprint density at radius 2 is 1.72 bits per heavy atom. The topological polar surface area (TPSA) is 66.1 Å². The molecule has 0 N–H and O–H groups in total. The summed E-state index contributed by atoms with van der Waals surface area (Å²) in [5.74, 6) is -0.684. The molecule has 0 amide bonds. The minimum atomic E-state index is -0.660. The smallest absolute Gasteiger partial charge is 0.352 e. The third-order valence-electron chi connectivity index (χ3n) is 3.55. The number of methoxy groups -OCH3 is 1. The van der Waals surface area contributed by atoms with Crippen molar-refractivity contribution in [3.05, 3.63) is 85.8 Å². The highest BCUT2D eigenvalue weighted by atomic mass is 35.5. The maximum Gasteiger partial charge on any atom is 0.352 e. The van der Waals surface area contributed by atoms with Crippen LogP contribution in [0.5, 0.6) is 5.88 Å². The van der Waals surface area contributed by atoms with Crippen LogP contribution in [0.15, 0.2) is 58.1 Å². The van der Waals surface area contributed by atoms with Crippen LogP contribution in [0.3, 0.4) is 0 Å².